The molecular weight excluding hydrogens is 501 g/mol. The van der Waals surface area contributed by atoms with Crippen LogP contribution in [0.5, 0.6) is 0 Å². The smallest absolute Gasteiger partial charge is 0.410 e. The average Bonchev–Trinajstić information content (AvgIpc) is 2.87. The summed E-state index contributed by atoms with van der Waals surface area (Å²) in [7, 11) is 0. The summed E-state index contributed by atoms with van der Waals surface area (Å²) >= 11 is 0. The second kappa shape index (κ2) is 14.3. The normalized spacial score (nSPS) is 14.4. The van der Waals surface area contributed by atoms with E-state index in [2.05, 4.69) is 24.1 Å². The molecule has 3 rings (SSSR count). The molecule has 0 fully saturated rings. The van der Waals surface area contributed by atoms with Gasteiger partial charge >= 0.3 is 12.3 Å². The van der Waals surface area contributed by atoms with Crippen LogP contribution in [-0.2, 0) is 35.5 Å². The Balaban J connectivity index is 1.46. The number of H-pyrrole nitrogens is 1. The van der Waals surface area contributed by atoms with Crippen molar-refractivity contribution < 1.29 is 27.4 Å². The number of nitrogens with one attached hydrogen (secondary N) is 2. The second-order valence-corrected chi connectivity index (χ2v) is 9.90. The lowest BCUT2D eigenvalue weighted by molar-refractivity contribution is -0.125. The van der Waals surface area contributed by atoms with Crippen molar-refractivity contribution in [3.63, 3.8) is 0 Å². The van der Waals surface area contributed by atoms with E-state index < -0.39 is 18.8 Å². The largest absolute Gasteiger partial charge is 0.445 e. The second-order valence-electron chi connectivity index (χ2n) is 9.90. The van der Waals surface area contributed by atoms with Crippen LogP contribution in [0.3, 0.4) is 0 Å². The fourth-order valence-corrected chi connectivity index (χ4v) is 4.38. The fourth-order valence-electron chi connectivity index (χ4n) is 4.38. The van der Waals surface area contributed by atoms with Crippen molar-refractivity contribution in [3.05, 3.63) is 63.3 Å². The maximum absolute atomic E-state index is 12.9. The van der Waals surface area contributed by atoms with Gasteiger partial charge in [0, 0.05) is 32.5 Å². The van der Waals surface area contributed by atoms with Crippen molar-refractivity contribution in [2.24, 2.45) is 11.8 Å². The molecule has 11 heteroatoms. The van der Waals surface area contributed by atoms with E-state index in [0.29, 0.717) is 49.0 Å². The Bertz CT molecular complexity index is 1080. The van der Waals surface area contributed by atoms with E-state index in [0.717, 1.165) is 18.4 Å². The monoisotopic (exact) mass is 538 g/mol. The lowest BCUT2D eigenvalue weighted by atomic mass is 9.88. The zero-order chi connectivity index (χ0) is 27.5. The molecule has 0 saturated carbocycles. The standard InChI is InChI=1S/C27H37F3N4O4/c1-19(2)21(9-6-13-37-14-11-31-18-27(28,29)30)15-24-32-23-10-12-34(16-22(23)25(35)33-24)26(36)38-17-20-7-4-3-5-8-20/h3-5,7-8,19,21,31H,6,9-18H2,1-2H3,(H,32,33,35). The number of aromatic amines is 1. The lowest BCUT2D eigenvalue weighted by Gasteiger charge is -2.27. The van der Waals surface area contributed by atoms with Gasteiger partial charge in [-0.1, -0.05) is 44.2 Å². The van der Waals surface area contributed by atoms with E-state index >= 15 is 0 Å². The maximum atomic E-state index is 12.9. The van der Waals surface area contributed by atoms with Crippen molar-refractivity contribution in [1.29, 1.82) is 0 Å². The summed E-state index contributed by atoms with van der Waals surface area (Å²) in [5.41, 5.74) is 1.87. The Labute approximate surface area is 220 Å². The Morgan fingerprint density at radius 2 is 1.97 bits per heavy atom. The number of halogens is 3. The number of amides is 1. The molecule has 1 aliphatic heterocycles. The van der Waals surface area contributed by atoms with E-state index in [4.69, 9.17) is 14.5 Å². The molecule has 0 saturated heterocycles. The van der Waals surface area contributed by atoms with Gasteiger partial charge in [0.1, 0.15) is 12.4 Å². The quantitative estimate of drug-likeness (QED) is 0.371. The van der Waals surface area contributed by atoms with Crippen molar-refractivity contribution >= 4 is 6.09 Å². The first-order valence-electron chi connectivity index (χ1n) is 13.0. The van der Waals surface area contributed by atoms with Gasteiger partial charge in [-0.15, -0.1) is 0 Å². The predicted octanol–water partition coefficient (Wildman–Crippen LogP) is 4.23. The summed E-state index contributed by atoms with van der Waals surface area (Å²) in [6, 6.07) is 9.42. The molecule has 1 aliphatic rings. The van der Waals surface area contributed by atoms with Gasteiger partial charge in [-0.05, 0) is 30.2 Å². The molecule has 2 aromatic rings. The molecule has 0 spiro atoms. The van der Waals surface area contributed by atoms with Crippen LogP contribution >= 0.6 is 0 Å². The number of nitrogens with zero attached hydrogens (tertiary/aromatic N) is 2. The molecule has 1 aromatic carbocycles. The van der Waals surface area contributed by atoms with Crippen molar-refractivity contribution in [2.45, 2.75) is 58.9 Å². The predicted molar refractivity (Wildman–Crippen MR) is 137 cm³/mol. The molecular formula is C27H37F3N4O4. The number of ether oxygens (including phenoxy) is 2. The van der Waals surface area contributed by atoms with Gasteiger partial charge < -0.3 is 24.7 Å². The summed E-state index contributed by atoms with van der Waals surface area (Å²) in [5, 5.41) is 2.31. The minimum Gasteiger partial charge on any atom is -0.445 e. The van der Waals surface area contributed by atoms with Crippen LogP contribution < -0.4 is 10.9 Å². The van der Waals surface area contributed by atoms with E-state index in [1.165, 1.54) is 4.90 Å². The molecule has 1 aromatic heterocycles. The zero-order valence-corrected chi connectivity index (χ0v) is 22.0. The van der Waals surface area contributed by atoms with Gasteiger partial charge in [0.05, 0.1) is 31.0 Å². The van der Waals surface area contributed by atoms with Crippen LogP contribution in [0, 0.1) is 11.8 Å². The highest BCUT2D eigenvalue weighted by atomic mass is 19.4. The highest BCUT2D eigenvalue weighted by molar-refractivity contribution is 5.68. The number of hydrogen-bond donors (Lipinski definition) is 2. The number of carbonyl (C=O) groups is 1. The maximum Gasteiger partial charge on any atom is 0.410 e. The summed E-state index contributed by atoms with van der Waals surface area (Å²) in [6.07, 6.45) is -1.98. The molecule has 2 heterocycles. The molecule has 0 radical (unpaired) electrons. The third-order valence-corrected chi connectivity index (χ3v) is 6.59. The Morgan fingerprint density at radius 3 is 2.68 bits per heavy atom. The first kappa shape index (κ1) is 29.6. The number of carbonyl (C=O) groups excluding carboxylic acids is 1. The highest BCUT2D eigenvalue weighted by Gasteiger charge is 2.27. The molecule has 0 bridgehead atoms. The van der Waals surface area contributed by atoms with Gasteiger partial charge in [0.25, 0.3) is 5.56 Å². The van der Waals surface area contributed by atoms with E-state index in [9.17, 15) is 22.8 Å². The minimum absolute atomic E-state index is 0.148. The topological polar surface area (TPSA) is 96.5 Å². The number of benzene rings is 1. The summed E-state index contributed by atoms with van der Waals surface area (Å²) in [6.45, 7) is 4.80. The van der Waals surface area contributed by atoms with Gasteiger partial charge in [-0.25, -0.2) is 9.78 Å². The van der Waals surface area contributed by atoms with Crippen LogP contribution in [0.25, 0.3) is 0 Å². The van der Waals surface area contributed by atoms with Crippen LogP contribution in [0.2, 0.25) is 0 Å². The minimum atomic E-state index is -4.22. The zero-order valence-electron chi connectivity index (χ0n) is 22.0. The Morgan fingerprint density at radius 1 is 1.21 bits per heavy atom. The third kappa shape index (κ3) is 9.75. The van der Waals surface area contributed by atoms with Crippen molar-refractivity contribution in [1.82, 2.24) is 20.2 Å². The van der Waals surface area contributed by atoms with E-state index in [1.54, 1.807) is 0 Å². The van der Waals surface area contributed by atoms with Crippen molar-refractivity contribution in [2.75, 3.05) is 32.8 Å². The number of rotatable bonds is 13. The first-order chi connectivity index (χ1) is 18.1. The number of hydrogen-bond acceptors (Lipinski definition) is 6. The number of aromatic nitrogens is 2. The summed E-state index contributed by atoms with van der Waals surface area (Å²) in [5.74, 6) is 1.24. The average molecular weight is 539 g/mol. The van der Waals surface area contributed by atoms with Crippen LogP contribution in [-0.4, -0.2) is 60.0 Å². The Kier molecular flexibility index (Phi) is 11.1. The lowest BCUT2D eigenvalue weighted by Crippen LogP contribution is -2.40. The van der Waals surface area contributed by atoms with Crippen LogP contribution in [0.4, 0.5) is 18.0 Å². The third-order valence-electron chi connectivity index (χ3n) is 6.59. The van der Waals surface area contributed by atoms with Crippen molar-refractivity contribution in [3.8, 4) is 0 Å². The van der Waals surface area contributed by atoms with Crippen LogP contribution in [0.1, 0.15) is 49.3 Å². The SMILES string of the molecule is CC(C)C(CCCOCCNCC(F)(F)F)Cc1nc2c(c(=O)[nH]1)CN(C(=O)OCc1ccccc1)CC2. The molecule has 38 heavy (non-hydrogen) atoms. The molecule has 2 N–H and O–H groups in total. The number of fused-ring (bicyclic) bond motifs is 1. The first-order valence-corrected chi connectivity index (χ1v) is 13.0. The van der Waals surface area contributed by atoms with Gasteiger partial charge in [0.15, 0.2) is 0 Å². The molecule has 210 valence electrons. The van der Waals surface area contributed by atoms with E-state index in [-0.39, 0.29) is 37.8 Å². The molecule has 1 atom stereocenters. The fraction of sp³-hybridized carbons (Fsp3) is 0.593. The van der Waals surface area contributed by atoms with Gasteiger partial charge in [-0.2, -0.15) is 13.2 Å². The summed E-state index contributed by atoms with van der Waals surface area (Å²) < 4.78 is 47.2. The van der Waals surface area contributed by atoms with Gasteiger partial charge in [-0.3, -0.25) is 4.79 Å². The molecule has 1 amide bonds. The highest BCUT2D eigenvalue weighted by Crippen LogP contribution is 2.22. The Hall–Kier alpha value is -2.92. The summed E-state index contributed by atoms with van der Waals surface area (Å²) in [4.78, 5) is 34.5. The molecule has 0 aliphatic carbocycles. The molecule has 1 unspecified atom stereocenters. The molecule has 8 nitrogen and oxygen atoms in total. The van der Waals surface area contributed by atoms with Gasteiger partial charge in [0.2, 0.25) is 0 Å². The van der Waals surface area contributed by atoms with E-state index in [1.807, 2.05) is 30.3 Å². The number of alkyl halides is 3. The van der Waals surface area contributed by atoms with Crippen LogP contribution in [0.15, 0.2) is 35.1 Å².